The van der Waals surface area contributed by atoms with E-state index in [0.717, 1.165) is 0 Å². The second-order valence-electron chi connectivity index (χ2n) is 3.96. The lowest BCUT2D eigenvalue weighted by Crippen LogP contribution is -2.21. The fraction of sp³-hybridized carbons (Fsp3) is 0.375. The Morgan fingerprint density at radius 3 is 2.90 bits per heavy atom. The molecule has 2 aromatic rings. The summed E-state index contributed by atoms with van der Waals surface area (Å²) in [5.41, 5.74) is 5.08. The van der Waals surface area contributed by atoms with E-state index in [2.05, 4.69) is 19.5 Å². The summed E-state index contributed by atoms with van der Waals surface area (Å²) in [5.74, 6) is -0.106. The van der Waals surface area contributed by atoms with Gasteiger partial charge >= 0.3 is 7.82 Å². The summed E-state index contributed by atoms with van der Waals surface area (Å²) in [6.45, 7) is -0.699. The highest BCUT2D eigenvalue weighted by Gasteiger charge is 2.18. The van der Waals surface area contributed by atoms with Crippen LogP contribution in [0, 0.1) is 0 Å². The third kappa shape index (κ3) is 3.40. The van der Waals surface area contributed by atoms with Gasteiger partial charge in [0, 0.05) is 0 Å². The van der Waals surface area contributed by atoms with E-state index in [-0.39, 0.29) is 23.7 Å². The molecule has 12 heteroatoms. The van der Waals surface area contributed by atoms with Crippen molar-refractivity contribution in [3.05, 3.63) is 16.7 Å². The molecule has 6 N–H and O–H groups in total. The number of hydrogen-bond donors (Lipinski definition) is 5. The van der Waals surface area contributed by atoms with Crippen molar-refractivity contribution < 1.29 is 24.0 Å². The predicted molar refractivity (Wildman–Crippen MR) is 66.6 cm³/mol. The number of phosphoric acid groups is 1. The molecule has 2 aromatic heterocycles. The molecule has 0 radical (unpaired) electrons. The maximum atomic E-state index is 11.5. The summed E-state index contributed by atoms with van der Waals surface area (Å²) < 4.78 is 16.0. The Kier molecular flexibility index (Phi) is 3.88. The number of phosphoric ester groups is 1. The molecular weight excluding hydrogens is 293 g/mol. The summed E-state index contributed by atoms with van der Waals surface area (Å²) in [7, 11) is -4.65. The van der Waals surface area contributed by atoms with Gasteiger partial charge in [0.15, 0.2) is 11.2 Å². The Bertz CT molecular complexity index is 720. The number of nitrogens with zero attached hydrogens (tertiary/aromatic N) is 3. The van der Waals surface area contributed by atoms with Crippen LogP contribution in [0.5, 0.6) is 0 Å². The summed E-state index contributed by atoms with van der Waals surface area (Å²) in [6.07, 6.45) is 0.0369. The Labute approximate surface area is 111 Å². The molecule has 0 fully saturated rings. The molecule has 2 heterocycles. The number of anilines is 1. The summed E-state index contributed by atoms with van der Waals surface area (Å²) in [4.78, 5) is 38.5. The zero-order valence-electron chi connectivity index (χ0n) is 10.0. The first-order valence-corrected chi connectivity index (χ1v) is 6.88. The normalized spacial score (nSPS) is 13.8. The molecule has 1 atom stereocenters. The van der Waals surface area contributed by atoms with Gasteiger partial charge in [-0.25, -0.2) is 9.55 Å². The number of aromatic amines is 1. The van der Waals surface area contributed by atoms with Crippen LogP contribution >= 0.6 is 7.82 Å². The van der Waals surface area contributed by atoms with Crippen molar-refractivity contribution in [3.8, 4) is 0 Å². The number of aliphatic hydroxyl groups is 1. The summed E-state index contributed by atoms with van der Waals surface area (Å²) >= 11 is 0. The van der Waals surface area contributed by atoms with Crippen molar-refractivity contribution in [3.63, 3.8) is 0 Å². The van der Waals surface area contributed by atoms with Crippen molar-refractivity contribution in [1.29, 1.82) is 0 Å². The van der Waals surface area contributed by atoms with Crippen LogP contribution in [0.3, 0.4) is 0 Å². The lowest BCUT2D eigenvalue weighted by Gasteiger charge is -2.12. The van der Waals surface area contributed by atoms with Gasteiger partial charge in [0.1, 0.15) is 0 Å². The number of H-pyrrole nitrogens is 1. The molecule has 0 aliphatic rings. The molecule has 0 saturated carbocycles. The fourth-order valence-electron chi connectivity index (χ4n) is 1.57. The van der Waals surface area contributed by atoms with Gasteiger partial charge in [-0.1, -0.05) is 0 Å². The van der Waals surface area contributed by atoms with Gasteiger partial charge in [0.2, 0.25) is 5.95 Å². The molecule has 0 unspecified atom stereocenters. The maximum absolute atomic E-state index is 11.5. The Morgan fingerprint density at radius 2 is 2.25 bits per heavy atom. The molecule has 0 bridgehead atoms. The van der Waals surface area contributed by atoms with Crippen molar-refractivity contribution >= 4 is 24.9 Å². The fourth-order valence-corrected chi connectivity index (χ4v) is 1.93. The monoisotopic (exact) mass is 305 g/mol. The van der Waals surface area contributed by atoms with E-state index in [4.69, 9.17) is 15.5 Å². The maximum Gasteiger partial charge on any atom is 0.469 e. The van der Waals surface area contributed by atoms with E-state index in [1.807, 2.05) is 0 Å². The average molecular weight is 305 g/mol. The first-order valence-electron chi connectivity index (χ1n) is 5.35. The SMILES string of the molecule is Nc1nc2c(ncn2C[C@H](O)COP(=O)(O)O)c(=O)[nH]1. The van der Waals surface area contributed by atoms with Crippen molar-refractivity contribution in [2.75, 3.05) is 12.3 Å². The largest absolute Gasteiger partial charge is 0.469 e. The first-order chi connectivity index (χ1) is 9.26. The lowest BCUT2D eigenvalue weighted by molar-refractivity contribution is 0.0740. The number of aromatic nitrogens is 4. The van der Waals surface area contributed by atoms with Crippen LogP contribution in [0.25, 0.3) is 11.2 Å². The zero-order chi connectivity index (χ0) is 14.9. The van der Waals surface area contributed by atoms with E-state index in [1.54, 1.807) is 0 Å². The Hall–Kier alpha value is -1.78. The third-order valence-electron chi connectivity index (χ3n) is 2.34. The zero-order valence-corrected chi connectivity index (χ0v) is 10.9. The van der Waals surface area contributed by atoms with E-state index < -0.39 is 26.1 Å². The topological polar surface area (TPSA) is 177 Å². The van der Waals surface area contributed by atoms with Gasteiger partial charge in [-0.3, -0.25) is 14.3 Å². The second-order valence-corrected chi connectivity index (χ2v) is 5.20. The van der Waals surface area contributed by atoms with E-state index in [1.165, 1.54) is 10.9 Å². The van der Waals surface area contributed by atoms with Crippen LogP contribution in [-0.4, -0.2) is 47.1 Å². The molecule has 0 aliphatic carbocycles. The number of nitrogen functional groups attached to an aromatic ring is 1. The standard InChI is InChI=1S/C8H12N5O6P/c9-8-11-6-5(7(15)12-8)10-3-13(6)1-4(14)2-19-20(16,17)18/h3-4,14H,1-2H2,(H2,16,17,18)(H3,9,11,12,15)/t4-/m0/s1. The number of hydrogen-bond acceptors (Lipinski definition) is 7. The lowest BCUT2D eigenvalue weighted by atomic mass is 10.4. The van der Waals surface area contributed by atoms with E-state index >= 15 is 0 Å². The molecule has 0 spiro atoms. The number of nitrogens with two attached hydrogens (primary N) is 1. The van der Waals surface area contributed by atoms with E-state index in [9.17, 15) is 14.5 Å². The highest BCUT2D eigenvalue weighted by atomic mass is 31.2. The van der Waals surface area contributed by atoms with Crippen LogP contribution in [0.4, 0.5) is 5.95 Å². The Balaban J connectivity index is 2.18. The molecule has 0 aromatic carbocycles. The second kappa shape index (κ2) is 5.31. The summed E-state index contributed by atoms with van der Waals surface area (Å²) in [5, 5.41) is 9.62. The van der Waals surface area contributed by atoms with E-state index in [0.29, 0.717) is 0 Å². The smallest absolute Gasteiger partial charge is 0.389 e. The highest BCUT2D eigenvalue weighted by molar-refractivity contribution is 7.46. The molecule has 0 saturated heterocycles. The van der Waals surface area contributed by atoms with Gasteiger partial charge in [0.05, 0.1) is 25.6 Å². The number of imidazole rings is 1. The minimum atomic E-state index is -4.65. The van der Waals surface area contributed by atoms with Gasteiger partial charge in [0.25, 0.3) is 5.56 Å². The molecule has 0 amide bonds. The predicted octanol–water partition coefficient (Wildman–Crippen LogP) is -1.83. The van der Waals surface area contributed by atoms with Crippen LogP contribution in [-0.2, 0) is 15.6 Å². The number of fused-ring (bicyclic) bond motifs is 1. The number of aliphatic hydroxyl groups excluding tert-OH is 1. The van der Waals surface area contributed by atoms with Gasteiger partial charge < -0.3 is 25.2 Å². The third-order valence-corrected chi connectivity index (χ3v) is 2.82. The first kappa shape index (κ1) is 14.6. The minimum Gasteiger partial charge on any atom is -0.389 e. The number of nitrogens with one attached hydrogen (secondary N) is 1. The molecular formula is C8H12N5O6P. The summed E-state index contributed by atoms with van der Waals surface area (Å²) in [6, 6.07) is 0. The molecule has 110 valence electrons. The molecule has 2 rings (SSSR count). The molecule has 0 aliphatic heterocycles. The highest BCUT2D eigenvalue weighted by Crippen LogP contribution is 2.35. The number of rotatable bonds is 5. The quantitative estimate of drug-likeness (QED) is 0.397. The minimum absolute atomic E-state index is 0.0438. The van der Waals surface area contributed by atoms with Gasteiger partial charge in [-0.2, -0.15) is 4.98 Å². The van der Waals surface area contributed by atoms with Crippen LogP contribution in [0.15, 0.2) is 11.1 Å². The van der Waals surface area contributed by atoms with Crippen LogP contribution in [0.2, 0.25) is 0 Å². The van der Waals surface area contributed by atoms with Crippen LogP contribution in [0.1, 0.15) is 0 Å². The van der Waals surface area contributed by atoms with Gasteiger partial charge in [-0.05, 0) is 0 Å². The van der Waals surface area contributed by atoms with Crippen molar-refractivity contribution in [2.24, 2.45) is 0 Å². The van der Waals surface area contributed by atoms with Crippen LogP contribution < -0.4 is 11.3 Å². The van der Waals surface area contributed by atoms with Crippen molar-refractivity contribution in [2.45, 2.75) is 12.6 Å². The van der Waals surface area contributed by atoms with Gasteiger partial charge in [-0.15, -0.1) is 0 Å². The molecule has 11 nitrogen and oxygen atoms in total. The molecule has 20 heavy (non-hydrogen) atoms. The van der Waals surface area contributed by atoms with Crippen molar-refractivity contribution in [1.82, 2.24) is 19.5 Å². The Morgan fingerprint density at radius 1 is 1.55 bits per heavy atom. The average Bonchev–Trinajstić information content (AvgIpc) is 2.69.